The van der Waals surface area contributed by atoms with Crippen molar-refractivity contribution in [2.45, 2.75) is 52.8 Å². The van der Waals surface area contributed by atoms with Crippen LogP contribution in [0.3, 0.4) is 0 Å². The fourth-order valence-corrected chi connectivity index (χ4v) is 4.11. The Morgan fingerprint density at radius 3 is 2.45 bits per heavy atom. The number of aryl methyl sites for hydroxylation is 1. The van der Waals surface area contributed by atoms with E-state index < -0.39 is 23.6 Å². The molecule has 2 aromatic carbocycles. The maximum absolute atomic E-state index is 13.8. The highest BCUT2D eigenvalue weighted by Crippen LogP contribution is 2.43. The number of hydrogen-bond acceptors (Lipinski definition) is 3. The summed E-state index contributed by atoms with van der Waals surface area (Å²) in [4.78, 5) is 27.7. The van der Waals surface area contributed by atoms with Crippen LogP contribution in [0.1, 0.15) is 55.4 Å². The van der Waals surface area contributed by atoms with Gasteiger partial charge in [0.15, 0.2) is 0 Å². The highest BCUT2D eigenvalue weighted by molar-refractivity contribution is 5.96. The van der Waals surface area contributed by atoms with Gasteiger partial charge in [-0.15, -0.1) is 0 Å². The predicted molar refractivity (Wildman–Crippen MR) is 119 cm³/mol. The molecule has 1 aliphatic heterocycles. The number of carbonyl (C=O) groups is 2. The molecule has 0 aromatic heterocycles. The van der Waals surface area contributed by atoms with Crippen molar-refractivity contribution in [3.05, 3.63) is 82.1 Å². The molecule has 0 radical (unpaired) electrons. The largest absolute Gasteiger partial charge is 0.462 e. The Morgan fingerprint density at radius 1 is 1.12 bits per heavy atom. The third-order valence-electron chi connectivity index (χ3n) is 5.66. The standard InChI is InChI=1S/C26H28F3NO3/c1-16(2)15-33-25(32)24-18(4)30(14-19-9-7-8-17(3)12-19)23(31)13-21(24)20-10-5-6-11-22(20)26(27,28)29/h5-12,16,21H,13-15H2,1-4H3/t21-/m1/s1. The van der Waals surface area contributed by atoms with Crippen LogP contribution in [0.5, 0.6) is 0 Å². The van der Waals surface area contributed by atoms with Crippen molar-refractivity contribution in [1.82, 2.24) is 4.90 Å². The van der Waals surface area contributed by atoms with Crippen LogP contribution in [0.2, 0.25) is 0 Å². The van der Waals surface area contributed by atoms with Gasteiger partial charge in [0.1, 0.15) is 0 Å². The predicted octanol–water partition coefficient (Wildman–Crippen LogP) is 6.00. The van der Waals surface area contributed by atoms with Gasteiger partial charge in [-0.1, -0.05) is 61.9 Å². The van der Waals surface area contributed by atoms with Gasteiger partial charge in [-0.05, 0) is 37.0 Å². The molecule has 0 fully saturated rings. The number of amides is 1. The zero-order valence-electron chi connectivity index (χ0n) is 19.2. The molecule has 0 spiro atoms. The molecule has 2 aromatic rings. The molecule has 1 amide bonds. The summed E-state index contributed by atoms with van der Waals surface area (Å²) in [5.41, 5.74) is 1.36. The number of nitrogens with zero attached hydrogens (tertiary/aromatic N) is 1. The Balaban J connectivity index is 2.10. The summed E-state index contributed by atoms with van der Waals surface area (Å²) in [6, 6.07) is 12.7. The number of hydrogen-bond donors (Lipinski definition) is 0. The molecular weight excluding hydrogens is 431 g/mol. The number of carbonyl (C=O) groups excluding carboxylic acids is 2. The lowest BCUT2D eigenvalue weighted by atomic mass is 9.81. The number of halogens is 3. The fourth-order valence-electron chi connectivity index (χ4n) is 4.11. The second-order valence-corrected chi connectivity index (χ2v) is 8.80. The molecule has 3 rings (SSSR count). The number of benzene rings is 2. The first-order valence-electron chi connectivity index (χ1n) is 10.9. The molecule has 0 saturated heterocycles. The molecule has 0 aliphatic carbocycles. The van der Waals surface area contributed by atoms with E-state index in [0.717, 1.165) is 17.2 Å². The van der Waals surface area contributed by atoms with Gasteiger partial charge in [-0.3, -0.25) is 4.79 Å². The molecule has 0 unspecified atom stereocenters. The molecule has 33 heavy (non-hydrogen) atoms. The number of esters is 1. The first-order valence-corrected chi connectivity index (χ1v) is 10.9. The fraction of sp³-hybridized carbons (Fsp3) is 0.385. The Bertz CT molecular complexity index is 1070. The minimum Gasteiger partial charge on any atom is -0.462 e. The minimum absolute atomic E-state index is 0.0596. The van der Waals surface area contributed by atoms with E-state index in [-0.39, 0.29) is 42.5 Å². The zero-order valence-corrected chi connectivity index (χ0v) is 19.2. The second kappa shape index (κ2) is 9.81. The average Bonchev–Trinajstić information content (AvgIpc) is 2.74. The van der Waals surface area contributed by atoms with Crippen molar-refractivity contribution in [3.63, 3.8) is 0 Å². The van der Waals surface area contributed by atoms with Crippen LogP contribution in [0.4, 0.5) is 13.2 Å². The molecular formula is C26H28F3NO3. The first-order chi connectivity index (χ1) is 15.5. The van der Waals surface area contributed by atoms with Crippen molar-refractivity contribution in [2.24, 2.45) is 5.92 Å². The molecule has 0 saturated carbocycles. The Morgan fingerprint density at radius 2 is 1.82 bits per heavy atom. The van der Waals surface area contributed by atoms with Gasteiger partial charge in [0.2, 0.25) is 5.91 Å². The van der Waals surface area contributed by atoms with Crippen molar-refractivity contribution in [3.8, 4) is 0 Å². The maximum Gasteiger partial charge on any atom is 0.416 e. The van der Waals surface area contributed by atoms with E-state index in [1.54, 1.807) is 6.92 Å². The first kappa shape index (κ1) is 24.6. The van der Waals surface area contributed by atoms with E-state index in [4.69, 9.17) is 4.74 Å². The topological polar surface area (TPSA) is 46.6 Å². The Labute approximate surface area is 192 Å². The van der Waals surface area contributed by atoms with E-state index in [1.807, 2.05) is 45.0 Å². The van der Waals surface area contributed by atoms with Crippen molar-refractivity contribution >= 4 is 11.9 Å². The summed E-state index contributed by atoms with van der Waals surface area (Å²) in [6.45, 7) is 7.64. The highest BCUT2D eigenvalue weighted by Gasteiger charge is 2.42. The lowest BCUT2D eigenvalue weighted by Gasteiger charge is -2.35. The van der Waals surface area contributed by atoms with E-state index in [2.05, 4.69) is 0 Å². The van der Waals surface area contributed by atoms with Crippen molar-refractivity contribution < 1.29 is 27.5 Å². The van der Waals surface area contributed by atoms with Gasteiger partial charge in [-0.25, -0.2) is 4.79 Å². The molecule has 0 bridgehead atoms. The van der Waals surface area contributed by atoms with Crippen LogP contribution in [-0.4, -0.2) is 23.4 Å². The lowest BCUT2D eigenvalue weighted by Crippen LogP contribution is -2.38. The van der Waals surface area contributed by atoms with Gasteiger partial charge in [0, 0.05) is 18.0 Å². The summed E-state index contributed by atoms with van der Waals surface area (Å²) in [7, 11) is 0. The third kappa shape index (κ3) is 5.64. The van der Waals surface area contributed by atoms with Gasteiger partial charge < -0.3 is 9.64 Å². The van der Waals surface area contributed by atoms with Crippen molar-refractivity contribution in [2.75, 3.05) is 6.61 Å². The van der Waals surface area contributed by atoms with Crippen LogP contribution in [0.25, 0.3) is 0 Å². The number of rotatable bonds is 6. The van der Waals surface area contributed by atoms with Gasteiger partial charge in [-0.2, -0.15) is 13.2 Å². The lowest BCUT2D eigenvalue weighted by molar-refractivity contribution is -0.143. The van der Waals surface area contributed by atoms with Gasteiger partial charge in [0.05, 0.1) is 24.3 Å². The molecule has 1 aliphatic rings. The molecule has 4 nitrogen and oxygen atoms in total. The monoisotopic (exact) mass is 459 g/mol. The highest BCUT2D eigenvalue weighted by atomic mass is 19.4. The number of ether oxygens (including phenoxy) is 1. The summed E-state index contributed by atoms with van der Waals surface area (Å²) in [6.07, 6.45) is -4.86. The molecule has 1 heterocycles. The van der Waals surface area contributed by atoms with E-state index in [1.165, 1.54) is 23.1 Å². The number of alkyl halides is 3. The minimum atomic E-state index is -4.61. The number of allylic oxidation sites excluding steroid dienone is 1. The van der Waals surface area contributed by atoms with Crippen LogP contribution in [0, 0.1) is 12.8 Å². The van der Waals surface area contributed by atoms with Crippen molar-refractivity contribution in [1.29, 1.82) is 0 Å². The maximum atomic E-state index is 13.8. The zero-order chi connectivity index (χ0) is 24.3. The van der Waals surface area contributed by atoms with Crippen LogP contribution in [0.15, 0.2) is 59.8 Å². The Kier molecular flexibility index (Phi) is 7.30. The summed E-state index contributed by atoms with van der Waals surface area (Å²) in [5, 5.41) is 0. The van der Waals surface area contributed by atoms with E-state index in [9.17, 15) is 22.8 Å². The summed E-state index contributed by atoms with van der Waals surface area (Å²) >= 11 is 0. The Hall–Kier alpha value is -3.09. The third-order valence-corrected chi connectivity index (χ3v) is 5.66. The smallest absolute Gasteiger partial charge is 0.416 e. The normalized spacial score (nSPS) is 17.0. The second-order valence-electron chi connectivity index (χ2n) is 8.80. The van der Waals surface area contributed by atoms with E-state index >= 15 is 0 Å². The van der Waals surface area contributed by atoms with Gasteiger partial charge in [0.25, 0.3) is 0 Å². The van der Waals surface area contributed by atoms with Crippen LogP contribution < -0.4 is 0 Å². The molecule has 176 valence electrons. The molecule has 0 N–H and O–H groups in total. The molecule has 7 heteroatoms. The van der Waals surface area contributed by atoms with Crippen LogP contribution >= 0.6 is 0 Å². The van der Waals surface area contributed by atoms with Gasteiger partial charge >= 0.3 is 12.1 Å². The van der Waals surface area contributed by atoms with Crippen LogP contribution in [-0.2, 0) is 27.0 Å². The SMILES string of the molecule is CC1=C(C(=O)OCC(C)C)[C@@H](c2ccccc2C(F)(F)F)CC(=O)N1Cc1cccc(C)c1. The summed E-state index contributed by atoms with van der Waals surface area (Å²) < 4.78 is 46.7. The average molecular weight is 460 g/mol. The molecule has 1 atom stereocenters. The summed E-state index contributed by atoms with van der Waals surface area (Å²) in [5.74, 6) is -2.01. The van der Waals surface area contributed by atoms with E-state index in [0.29, 0.717) is 5.70 Å². The quantitative estimate of drug-likeness (QED) is 0.498.